The smallest absolute Gasteiger partial charge is 0.297 e. The fourth-order valence-electron chi connectivity index (χ4n) is 4.47. The second kappa shape index (κ2) is 13.1. The summed E-state index contributed by atoms with van der Waals surface area (Å²) in [6.07, 6.45) is -1.14. The molecule has 43 heavy (non-hydrogen) atoms. The van der Waals surface area contributed by atoms with E-state index >= 15 is 0 Å². The van der Waals surface area contributed by atoms with Crippen molar-refractivity contribution in [2.75, 3.05) is 26.9 Å². The van der Waals surface area contributed by atoms with Gasteiger partial charge >= 0.3 is 0 Å². The quantitative estimate of drug-likeness (QED) is 0.338. The molecule has 1 aromatic heterocycles. The summed E-state index contributed by atoms with van der Waals surface area (Å²) in [5, 5.41) is 6.92. The third kappa shape index (κ3) is 7.51. The fraction of sp³-hybridized carbons (Fsp3) is 0.379. The zero-order chi connectivity index (χ0) is 30.6. The minimum absolute atomic E-state index is 0.0749. The van der Waals surface area contributed by atoms with Crippen LogP contribution in [0.5, 0.6) is 5.75 Å². The Labute approximate surface area is 248 Å². The zero-order valence-electron chi connectivity index (χ0n) is 23.8. The molecule has 3 heterocycles. The molecule has 0 radical (unpaired) electrons. The second-order valence-corrected chi connectivity index (χ2v) is 11.7. The number of nitrogens with zero attached hydrogens (tertiary/aromatic N) is 3. The molecule has 1 saturated heterocycles. The molecule has 0 unspecified atom stereocenters. The van der Waals surface area contributed by atoms with E-state index in [-0.39, 0.29) is 42.7 Å². The SMILES string of the molecule is COc1cc(CNC(=O)c2cc(C3=NO[C@@H]([C@H]4CO[C@H](COS(=O)(=O)c5ccc(C)cc5)CO4)C3)nc(C)n2)ccc1F. The molecule has 1 N–H and O–H groups in total. The van der Waals surface area contributed by atoms with Crippen LogP contribution < -0.4 is 10.1 Å². The van der Waals surface area contributed by atoms with E-state index in [1.54, 1.807) is 25.1 Å². The Hall–Kier alpha value is -3.98. The topological polar surface area (TPSA) is 148 Å². The number of benzene rings is 2. The summed E-state index contributed by atoms with van der Waals surface area (Å²) in [5.41, 5.74) is 2.70. The average Bonchev–Trinajstić information content (AvgIpc) is 3.50. The van der Waals surface area contributed by atoms with Crippen LogP contribution in [0.3, 0.4) is 0 Å². The predicted molar refractivity (Wildman–Crippen MR) is 151 cm³/mol. The predicted octanol–water partition coefficient (Wildman–Crippen LogP) is 2.85. The lowest BCUT2D eigenvalue weighted by atomic mass is 10.0. The van der Waals surface area contributed by atoms with Gasteiger partial charge in [0.2, 0.25) is 0 Å². The molecule has 0 saturated carbocycles. The van der Waals surface area contributed by atoms with E-state index in [0.29, 0.717) is 29.2 Å². The number of aryl methyl sites for hydroxylation is 2. The first-order valence-electron chi connectivity index (χ1n) is 13.5. The average molecular weight is 615 g/mol. The van der Waals surface area contributed by atoms with Crippen LogP contribution in [-0.2, 0) is 35.2 Å². The lowest BCUT2D eigenvalue weighted by Gasteiger charge is -2.31. The number of rotatable bonds is 10. The number of carbonyl (C=O) groups excluding carboxylic acids is 1. The summed E-state index contributed by atoms with van der Waals surface area (Å²) in [6, 6.07) is 12.3. The number of aromatic nitrogens is 2. The summed E-state index contributed by atoms with van der Waals surface area (Å²) in [5.74, 6) is -0.469. The van der Waals surface area contributed by atoms with Gasteiger partial charge in [-0.15, -0.1) is 0 Å². The van der Waals surface area contributed by atoms with Crippen LogP contribution in [0.1, 0.15) is 39.6 Å². The molecule has 1 amide bonds. The first kappa shape index (κ1) is 30.5. The number of carbonyl (C=O) groups is 1. The molecule has 14 heteroatoms. The van der Waals surface area contributed by atoms with E-state index < -0.39 is 40.2 Å². The number of oxime groups is 1. The van der Waals surface area contributed by atoms with Gasteiger partial charge in [-0.3, -0.25) is 8.98 Å². The molecule has 228 valence electrons. The maximum atomic E-state index is 13.7. The molecule has 12 nitrogen and oxygen atoms in total. The van der Waals surface area contributed by atoms with Gasteiger partial charge in [-0.25, -0.2) is 14.4 Å². The Bertz CT molecular complexity index is 1610. The van der Waals surface area contributed by atoms with Gasteiger partial charge in [0.05, 0.1) is 37.5 Å². The first-order valence-corrected chi connectivity index (χ1v) is 14.9. The van der Waals surface area contributed by atoms with Crippen LogP contribution in [0.4, 0.5) is 4.39 Å². The molecule has 0 aliphatic carbocycles. The monoisotopic (exact) mass is 614 g/mol. The number of ether oxygens (including phenoxy) is 3. The molecule has 2 aromatic carbocycles. The van der Waals surface area contributed by atoms with Crippen molar-refractivity contribution in [3.63, 3.8) is 0 Å². The molecule has 1 fully saturated rings. The van der Waals surface area contributed by atoms with E-state index in [2.05, 4.69) is 20.4 Å². The van der Waals surface area contributed by atoms with Crippen molar-refractivity contribution >= 4 is 21.7 Å². The molecule has 0 bridgehead atoms. The molecule has 0 spiro atoms. The Morgan fingerprint density at radius 1 is 1.05 bits per heavy atom. The van der Waals surface area contributed by atoms with Crippen LogP contribution in [0.2, 0.25) is 0 Å². The van der Waals surface area contributed by atoms with Crippen LogP contribution >= 0.6 is 0 Å². The van der Waals surface area contributed by atoms with Crippen molar-refractivity contribution in [2.45, 2.75) is 50.0 Å². The van der Waals surface area contributed by atoms with Crippen molar-refractivity contribution in [1.82, 2.24) is 15.3 Å². The van der Waals surface area contributed by atoms with Gasteiger partial charge in [0.25, 0.3) is 16.0 Å². The Kier molecular flexibility index (Phi) is 9.30. The molecule has 3 atom stereocenters. The molecule has 2 aliphatic rings. The lowest BCUT2D eigenvalue weighted by molar-refractivity contribution is -0.176. The van der Waals surface area contributed by atoms with Crippen LogP contribution in [-0.4, -0.2) is 75.2 Å². The molecule has 2 aliphatic heterocycles. The first-order chi connectivity index (χ1) is 20.6. The van der Waals surface area contributed by atoms with Gasteiger partial charge in [0, 0.05) is 13.0 Å². The maximum absolute atomic E-state index is 13.7. The molecule has 5 rings (SSSR count). The highest BCUT2D eigenvalue weighted by molar-refractivity contribution is 7.86. The van der Waals surface area contributed by atoms with Gasteiger partial charge in [0.15, 0.2) is 17.7 Å². The van der Waals surface area contributed by atoms with Crippen LogP contribution in [0.15, 0.2) is 58.6 Å². The number of halogens is 1. The summed E-state index contributed by atoms with van der Waals surface area (Å²) in [4.78, 5) is 27.2. The number of nitrogens with one attached hydrogen (secondary N) is 1. The minimum Gasteiger partial charge on any atom is -0.494 e. The molecular formula is C29H31FN4O8S. The highest BCUT2D eigenvalue weighted by Crippen LogP contribution is 2.24. The van der Waals surface area contributed by atoms with Crippen LogP contribution in [0, 0.1) is 19.7 Å². The van der Waals surface area contributed by atoms with Crippen LogP contribution in [0.25, 0.3) is 0 Å². The van der Waals surface area contributed by atoms with Gasteiger partial charge in [-0.1, -0.05) is 28.9 Å². The third-order valence-corrected chi connectivity index (χ3v) is 8.15. The number of hydrogen-bond donors (Lipinski definition) is 1. The van der Waals surface area contributed by atoms with Crippen molar-refractivity contribution in [1.29, 1.82) is 0 Å². The van der Waals surface area contributed by atoms with Gasteiger partial charge in [-0.05, 0) is 49.7 Å². The Balaban J connectivity index is 1.12. The van der Waals surface area contributed by atoms with Crippen molar-refractivity contribution < 1.29 is 40.8 Å². The van der Waals surface area contributed by atoms with Gasteiger partial charge in [0.1, 0.15) is 29.4 Å². The number of amides is 1. The highest BCUT2D eigenvalue weighted by Gasteiger charge is 2.36. The summed E-state index contributed by atoms with van der Waals surface area (Å²) >= 11 is 0. The summed E-state index contributed by atoms with van der Waals surface area (Å²) in [7, 11) is -2.55. The van der Waals surface area contributed by atoms with E-state index in [0.717, 1.165) is 5.56 Å². The van der Waals surface area contributed by atoms with Crippen molar-refractivity contribution in [2.24, 2.45) is 5.16 Å². The standard InChI is InChI=1S/C29H31FN4O8S/c1-17-4-7-21(8-5-17)43(36,37)41-15-20-14-40-28(16-39-20)27-12-24(34-42-27)23-11-25(33-18(2)32-23)29(35)31-13-19-6-9-22(30)26(10-19)38-3/h4-11,20,27-28H,12-16H2,1-3H3,(H,31,35)/t20-,27+,28+/m0/s1. The molecular weight excluding hydrogens is 583 g/mol. The van der Waals surface area contributed by atoms with E-state index in [4.69, 9.17) is 23.2 Å². The van der Waals surface area contributed by atoms with E-state index in [1.165, 1.54) is 37.4 Å². The van der Waals surface area contributed by atoms with Gasteiger partial charge in [-0.2, -0.15) is 8.42 Å². The number of methoxy groups -OCH3 is 1. The van der Waals surface area contributed by atoms with E-state index in [1.807, 2.05) is 6.92 Å². The second-order valence-electron chi connectivity index (χ2n) is 10.1. The third-order valence-electron chi connectivity index (χ3n) is 6.85. The van der Waals surface area contributed by atoms with Crippen molar-refractivity contribution in [3.8, 4) is 5.75 Å². The zero-order valence-corrected chi connectivity index (χ0v) is 24.6. The molecule has 3 aromatic rings. The Morgan fingerprint density at radius 2 is 1.84 bits per heavy atom. The summed E-state index contributed by atoms with van der Waals surface area (Å²) in [6.45, 7) is 3.75. The van der Waals surface area contributed by atoms with Gasteiger partial charge < -0.3 is 24.4 Å². The van der Waals surface area contributed by atoms with Crippen molar-refractivity contribution in [3.05, 3.63) is 82.7 Å². The maximum Gasteiger partial charge on any atom is 0.297 e. The normalized spacial score (nSPS) is 20.3. The highest BCUT2D eigenvalue weighted by atomic mass is 32.2. The minimum atomic E-state index is -3.92. The van der Waals surface area contributed by atoms with E-state index in [9.17, 15) is 17.6 Å². The lowest BCUT2D eigenvalue weighted by Crippen LogP contribution is -2.44. The Morgan fingerprint density at radius 3 is 2.56 bits per heavy atom. The fourth-order valence-corrected chi connectivity index (χ4v) is 5.41. The number of hydrogen-bond acceptors (Lipinski definition) is 11. The largest absolute Gasteiger partial charge is 0.494 e. The summed E-state index contributed by atoms with van der Waals surface area (Å²) < 4.78 is 60.4.